The van der Waals surface area contributed by atoms with Crippen LogP contribution in [0.5, 0.6) is 0 Å². The summed E-state index contributed by atoms with van der Waals surface area (Å²) < 4.78 is 67.2. The highest BCUT2D eigenvalue weighted by Gasteiger charge is 2.66. The molecule has 0 amide bonds. The Labute approximate surface area is 110 Å². The maximum Gasteiger partial charge on any atom is 0.419 e. The third-order valence-electron chi connectivity index (χ3n) is 3.05. The maximum atomic E-state index is 13.7. The molecule has 0 fully saturated rings. The van der Waals surface area contributed by atoms with Gasteiger partial charge < -0.3 is 0 Å². The Balaban J connectivity index is 2.73. The van der Waals surface area contributed by atoms with Crippen LogP contribution in [0.1, 0.15) is 5.56 Å². The van der Waals surface area contributed by atoms with Gasteiger partial charge in [0.2, 0.25) is 5.54 Å². The Morgan fingerprint density at radius 2 is 1.95 bits per heavy atom. The molecular weight excluding hydrogens is 291 g/mol. The average Bonchev–Trinajstić information content (AvgIpc) is 2.59. The van der Waals surface area contributed by atoms with Crippen molar-refractivity contribution < 1.29 is 22.0 Å². The minimum absolute atomic E-state index is 0.489. The van der Waals surface area contributed by atoms with Crippen molar-refractivity contribution in [2.75, 3.05) is 7.05 Å². The van der Waals surface area contributed by atoms with E-state index in [4.69, 9.17) is 11.6 Å². The maximum absolute atomic E-state index is 13.7. The second-order valence-electron chi connectivity index (χ2n) is 4.08. The van der Waals surface area contributed by atoms with E-state index < -0.39 is 34.3 Å². The fourth-order valence-electron chi connectivity index (χ4n) is 2.14. The molecule has 19 heavy (non-hydrogen) atoms. The van der Waals surface area contributed by atoms with E-state index in [9.17, 15) is 22.0 Å². The van der Waals surface area contributed by atoms with E-state index in [1.807, 2.05) is 0 Å². The Morgan fingerprint density at radius 3 is 2.42 bits per heavy atom. The van der Waals surface area contributed by atoms with Crippen LogP contribution in [0.25, 0.3) is 0 Å². The molecule has 0 spiro atoms. The molecule has 0 saturated carbocycles. The number of hydrogen-bond donors (Lipinski definition) is 0. The standard InChI is InChI=1S/C11H8ClF5N2/c1-19-10(11(15,16)17,9(12)5-18-19)7-4-6(13)2-3-8(7)14/h2-5,9H,1H3. The molecule has 2 rings (SSSR count). The lowest BCUT2D eigenvalue weighted by molar-refractivity contribution is -0.227. The molecule has 104 valence electrons. The second kappa shape index (κ2) is 4.33. The number of halogens is 6. The quantitative estimate of drug-likeness (QED) is 0.574. The molecule has 1 aromatic rings. The van der Waals surface area contributed by atoms with Gasteiger partial charge in [0.25, 0.3) is 0 Å². The zero-order valence-corrected chi connectivity index (χ0v) is 10.3. The summed E-state index contributed by atoms with van der Waals surface area (Å²) in [5, 5.41) is 2.30. The van der Waals surface area contributed by atoms with Gasteiger partial charge in [-0.1, -0.05) is 0 Å². The van der Waals surface area contributed by atoms with Crippen molar-refractivity contribution in [1.82, 2.24) is 5.01 Å². The zero-order chi connectivity index (χ0) is 14.4. The first-order valence-corrected chi connectivity index (χ1v) is 5.59. The number of alkyl halides is 4. The van der Waals surface area contributed by atoms with Crippen LogP contribution in [0.3, 0.4) is 0 Å². The van der Waals surface area contributed by atoms with Gasteiger partial charge in [-0.25, -0.2) is 8.78 Å². The Bertz CT molecular complexity index is 516. The fraction of sp³-hybridized carbons (Fsp3) is 0.364. The van der Waals surface area contributed by atoms with E-state index in [1.54, 1.807) is 0 Å². The zero-order valence-electron chi connectivity index (χ0n) is 9.55. The van der Waals surface area contributed by atoms with Crippen LogP contribution >= 0.6 is 11.6 Å². The summed E-state index contributed by atoms with van der Waals surface area (Å²) in [4.78, 5) is 0. The molecule has 0 radical (unpaired) electrons. The Kier molecular flexibility index (Phi) is 3.20. The number of rotatable bonds is 1. The molecule has 8 heteroatoms. The first-order valence-electron chi connectivity index (χ1n) is 5.15. The van der Waals surface area contributed by atoms with Crippen LogP contribution in [0.15, 0.2) is 23.3 Å². The largest absolute Gasteiger partial charge is 0.419 e. The van der Waals surface area contributed by atoms with E-state index in [-0.39, 0.29) is 0 Å². The number of nitrogens with zero attached hydrogens (tertiary/aromatic N) is 2. The van der Waals surface area contributed by atoms with Crippen LogP contribution < -0.4 is 0 Å². The Morgan fingerprint density at radius 1 is 1.32 bits per heavy atom. The average molecular weight is 299 g/mol. The smallest absolute Gasteiger partial charge is 0.279 e. The van der Waals surface area contributed by atoms with E-state index in [1.165, 1.54) is 0 Å². The topological polar surface area (TPSA) is 15.6 Å². The van der Waals surface area contributed by atoms with Gasteiger partial charge in [0.1, 0.15) is 17.0 Å². The molecule has 1 aliphatic heterocycles. The highest BCUT2D eigenvalue weighted by atomic mass is 35.5. The minimum atomic E-state index is -4.93. The van der Waals surface area contributed by atoms with Crippen molar-refractivity contribution in [2.45, 2.75) is 17.1 Å². The number of benzene rings is 1. The van der Waals surface area contributed by atoms with Gasteiger partial charge in [-0.2, -0.15) is 18.3 Å². The van der Waals surface area contributed by atoms with Gasteiger partial charge in [0.05, 0.1) is 0 Å². The van der Waals surface area contributed by atoms with Gasteiger partial charge in [0.15, 0.2) is 0 Å². The summed E-state index contributed by atoms with van der Waals surface area (Å²) in [5.41, 5.74) is -3.80. The number of hydrogen-bond acceptors (Lipinski definition) is 2. The molecule has 0 aliphatic carbocycles. The van der Waals surface area contributed by atoms with Crippen molar-refractivity contribution >= 4 is 17.8 Å². The predicted octanol–water partition coefficient (Wildman–Crippen LogP) is 3.26. The van der Waals surface area contributed by atoms with Crippen molar-refractivity contribution in [3.05, 3.63) is 35.4 Å². The first kappa shape index (κ1) is 14.0. The second-order valence-corrected chi connectivity index (χ2v) is 4.55. The summed E-state index contributed by atoms with van der Waals surface area (Å²) in [7, 11) is 1.01. The van der Waals surface area contributed by atoms with Gasteiger partial charge in [-0.3, -0.25) is 5.01 Å². The molecule has 0 aromatic heterocycles. The van der Waals surface area contributed by atoms with Gasteiger partial charge in [-0.15, -0.1) is 11.6 Å². The molecule has 0 bridgehead atoms. The van der Waals surface area contributed by atoms with Crippen molar-refractivity contribution in [3.8, 4) is 0 Å². The van der Waals surface area contributed by atoms with Gasteiger partial charge in [0, 0.05) is 18.8 Å². The first-order chi connectivity index (χ1) is 8.71. The molecule has 0 saturated heterocycles. The predicted molar refractivity (Wildman–Crippen MR) is 60.0 cm³/mol. The molecule has 1 aliphatic rings. The molecule has 2 nitrogen and oxygen atoms in total. The van der Waals surface area contributed by atoms with Crippen molar-refractivity contribution in [2.24, 2.45) is 5.10 Å². The van der Waals surface area contributed by atoms with E-state index in [2.05, 4.69) is 5.10 Å². The monoisotopic (exact) mass is 298 g/mol. The summed E-state index contributed by atoms with van der Waals surface area (Å²) >= 11 is 5.67. The van der Waals surface area contributed by atoms with E-state index >= 15 is 0 Å². The highest BCUT2D eigenvalue weighted by molar-refractivity contribution is 6.29. The van der Waals surface area contributed by atoms with Crippen LogP contribution in [0.4, 0.5) is 22.0 Å². The molecule has 2 unspecified atom stereocenters. The third kappa shape index (κ3) is 1.87. The van der Waals surface area contributed by atoms with Crippen LogP contribution in [0, 0.1) is 11.6 Å². The minimum Gasteiger partial charge on any atom is -0.279 e. The number of hydrazone groups is 1. The summed E-state index contributed by atoms with van der Waals surface area (Å²) in [6.45, 7) is 0. The lowest BCUT2D eigenvalue weighted by Crippen LogP contribution is -2.56. The molecule has 2 atom stereocenters. The van der Waals surface area contributed by atoms with Crippen molar-refractivity contribution in [3.63, 3.8) is 0 Å². The van der Waals surface area contributed by atoms with E-state index in [0.717, 1.165) is 19.3 Å². The lowest BCUT2D eigenvalue weighted by Gasteiger charge is -2.39. The molecule has 0 N–H and O–H groups in total. The SMILES string of the molecule is CN1N=CC(Cl)C1(c1cc(F)ccc1F)C(F)(F)F. The highest BCUT2D eigenvalue weighted by Crippen LogP contribution is 2.50. The Hall–Kier alpha value is -1.37. The summed E-state index contributed by atoms with van der Waals surface area (Å²) in [5.74, 6) is -2.18. The van der Waals surface area contributed by atoms with Crippen LogP contribution in [-0.4, -0.2) is 29.8 Å². The van der Waals surface area contributed by atoms with Crippen LogP contribution in [0.2, 0.25) is 0 Å². The van der Waals surface area contributed by atoms with Crippen molar-refractivity contribution in [1.29, 1.82) is 0 Å². The lowest BCUT2D eigenvalue weighted by atomic mass is 9.85. The molecule has 1 heterocycles. The third-order valence-corrected chi connectivity index (χ3v) is 3.48. The fourth-order valence-corrected chi connectivity index (χ4v) is 2.57. The van der Waals surface area contributed by atoms with Gasteiger partial charge in [-0.05, 0) is 18.2 Å². The molecule has 1 aromatic carbocycles. The normalized spacial score (nSPS) is 27.1. The molecular formula is C11H8ClF5N2. The summed E-state index contributed by atoms with van der Waals surface area (Å²) in [6, 6.07) is 1.86. The van der Waals surface area contributed by atoms with Gasteiger partial charge >= 0.3 is 6.18 Å². The van der Waals surface area contributed by atoms with E-state index in [0.29, 0.717) is 17.1 Å². The van der Waals surface area contributed by atoms with Crippen LogP contribution in [-0.2, 0) is 5.54 Å². The summed E-state index contributed by atoms with van der Waals surface area (Å²) in [6.07, 6.45) is -4.08.